The third-order valence-electron chi connectivity index (χ3n) is 2.67. The number of unbranched alkanes of at least 4 members (excludes halogenated alkanes) is 3. The summed E-state index contributed by atoms with van der Waals surface area (Å²) in [5.74, 6) is 0. The highest BCUT2D eigenvalue weighted by Gasteiger charge is 2.17. The molecule has 0 atom stereocenters. The van der Waals surface area contributed by atoms with E-state index in [4.69, 9.17) is 16.9 Å². The minimum Gasteiger partial charge on any atom is -0.211 e. The summed E-state index contributed by atoms with van der Waals surface area (Å²) in [6.07, 6.45) is 3.98. The van der Waals surface area contributed by atoms with E-state index in [1.807, 2.05) is 6.07 Å². The Kier molecular flexibility index (Phi) is 6.29. The van der Waals surface area contributed by atoms with Crippen molar-refractivity contribution in [1.29, 1.82) is 5.26 Å². The zero-order valence-electron chi connectivity index (χ0n) is 10.8. The Balaban J connectivity index is 2.75. The second kappa shape index (κ2) is 7.49. The van der Waals surface area contributed by atoms with Crippen LogP contribution < -0.4 is 4.72 Å². The zero-order valence-corrected chi connectivity index (χ0v) is 12.4. The van der Waals surface area contributed by atoms with Crippen LogP contribution >= 0.6 is 11.6 Å². The monoisotopic (exact) mass is 300 g/mol. The van der Waals surface area contributed by atoms with Crippen molar-refractivity contribution in [2.45, 2.75) is 37.5 Å². The number of nitrogens with one attached hydrogen (secondary N) is 1. The molecule has 0 spiro atoms. The molecule has 0 aliphatic heterocycles. The van der Waals surface area contributed by atoms with Crippen LogP contribution in [0.25, 0.3) is 0 Å². The Morgan fingerprint density at radius 3 is 2.68 bits per heavy atom. The molecule has 0 aromatic heterocycles. The maximum absolute atomic E-state index is 12.0. The van der Waals surface area contributed by atoms with Crippen molar-refractivity contribution in [2.24, 2.45) is 0 Å². The lowest BCUT2D eigenvalue weighted by atomic mass is 10.2. The van der Waals surface area contributed by atoms with Crippen molar-refractivity contribution in [3.8, 4) is 6.07 Å². The number of hydrogen-bond donors (Lipinski definition) is 1. The first-order valence-electron chi connectivity index (χ1n) is 6.20. The molecule has 0 saturated heterocycles. The van der Waals surface area contributed by atoms with E-state index in [2.05, 4.69) is 11.6 Å². The Hall–Kier alpha value is -1.09. The van der Waals surface area contributed by atoms with Gasteiger partial charge >= 0.3 is 0 Å². The van der Waals surface area contributed by atoms with E-state index in [9.17, 15) is 8.42 Å². The molecule has 1 rings (SSSR count). The van der Waals surface area contributed by atoms with Gasteiger partial charge in [-0.15, -0.1) is 0 Å². The quantitative estimate of drug-likeness (QED) is 0.787. The lowest BCUT2D eigenvalue weighted by Crippen LogP contribution is -2.25. The van der Waals surface area contributed by atoms with Crippen molar-refractivity contribution < 1.29 is 8.42 Å². The standard InChI is InChI=1S/C13H17ClN2O2S/c1-2-3-4-5-8-16-19(17,18)13-9-11(10-15)6-7-12(13)14/h6-7,9,16H,2-5,8H2,1H3. The van der Waals surface area contributed by atoms with Crippen LogP contribution in [0, 0.1) is 11.3 Å². The summed E-state index contributed by atoms with van der Waals surface area (Å²) in [7, 11) is -3.64. The molecule has 0 radical (unpaired) electrons. The summed E-state index contributed by atoms with van der Waals surface area (Å²) in [5.41, 5.74) is 0.274. The summed E-state index contributed by atoms with van der Waals surface area (Å²) in [6.45, 7) is 2.48. The van der Waals surface area contributed by atoms with Crippen molar-refractivity contribution in [3.05, 3.63) is 28.8 Å². The predicted octanol–water partition coefficient (Wildman–Crippen LogP) is 3.07. The second-order valence-corrected chi connectivity index (χ2v) is 6.36. The summed E-state index contributed by atoms with van der Waals surface area (Å²) >= 11 is 5.87. The molecule has 0 fully saturated rings. The normalized spacial score (nSPS) is 11.2. The number of rotatable bonds is 7. The van der Waals surface area contributed by atoms with Gasteiger partial charge in [0.1, 0.15) is 4.90 Å². The molecule has 19 heavy (non-hydrogen) atoms. The van der Waals surface area contributed by atoms with Crippen molar-refractivity contribution in [3.63, 3.8) is 0 Å². The number of nitrogens with zero attached hydrogens (tertiary/aromatic N) is 1. The molecule has 1 N–H and O–H groups in total. The molecule has 6 heteroatoms. The maximum atomic E-state index is 12.0. The minimum atomic E-state index is -3.64. The van der Waals surface area contributed by atoms with E-state index in [1.54, 1.807) is 0 Å². The number of sulfonamides is 1. The van der Waals surface area contributed by atoms with E-state index in [1.165, 1.54) is 18.2 Å². The van der Waals surface area contributed by atoms with E-state index in [0.29, 0.717) is 6.54 Å². The van der Waals surface area contributed by atoms with Gasteiger partial charge in [-0.1, -0.05) is 37.8 Å². The first kappa shape index (κ1) is 16.0. The van der Waals surface area contributed by atoms with Crippen LogP contribution in [0.1, 0.15) is 38.2 Å². The van der Waals surface area contributed by atoms with Gasteiger partial charge in [0.25, 0.3) is 0 Å². The Labute approximate surface area is 119 Å². The SMILES string of the molecule is CCCCCCNS(=O)(=O)c1cc(C#N)ccc1Cl. The fourth-order valence-electron chi connectivity index (χ4n) is 1.61. The summed E-state index contributed by atoms with van der Waals surface area (Å²) in [6, 6.07) is 6.10. The van der Waals surface area contributed by atoms with Gasteiger partial charge in [0.2, 0.25) is 10.0 Å². The molecule has 104 valence electrons. The van der Waals surface area contributed by atoms with Gasteiger partial charge in [0.05, 0.1) is 16.7 Å². The summed E-state index contributed by atoms with van der Waals surface area (Å²) < 4.78 is 26.6. The number of nitriles is 1. The molecule has 0 unspecified atom stereocenters. The highest BCUT2D eigenvalue weighted by Crippen LogP contribution is 2.22. The zero-order chi connectivity index (χ0) is 14.3. The number of benzene rings is 1. The molecule has 4 nitrogen and oxygen atoms in total. The molecule has 0 aliphatic carbocycles. The third kappa shape index (κ3) is 4.83. The van der Waals surface area contributed by atoms with Crippen molar-refractivity contribution in [2.75, 3.05) is 6.54 Å². The van der Waals surface area contributed by atoms with Crippen LogP contribution in [0.3, 0.4) is 0 Å². The van der Waals surface area contributed by atoms with Gasteiger partial charge in [0.15, 0.2) is 0 Å². The molecular formula is C13H17ClN2O2S. The highest BCUT2D eigenvalue weighted by molar-refractivity contribution is 7.89. The Morgan fingerprint density at radius 1 is 1.32 bits per heavy atom. The molecule has 0 bridgehead atoms. The number of halogens is 1. The highest BCUT2D eigenvalue weighted by atomic mass is 35.5. The number of hydrogen-bond acceptors (Lipinski definition) is 3. The van der Waals surface area contributed by atoms with Crippen LogP contribution in [0.15, 0.2) is 23.1 Å². The van der Waals surface area contributed by atoms with Gasteiger partial charge < -0.3 is 0 Å². The molecule has 1 aromatic carbocycles. The lowest BCUT2D eigenvalue weighted by Gasteiger charge is -2.08. The minimum absolute atomic E-state index is 0.0382. The second-order valence-electron chi connectivity index (χ2n) is 4.22. The Morgan fingerprint density at radius 2 is 2.05 bits per heavy atom. The van der Waals surface area contributed by atoms with E-state index >= 15 is 0 Å². The van der Waals surface area contributed by atoms with E-state index in [-0.39, 0.29) is 15.5 Å². The molecule has 0 amide bonds. The van der Waals surface area contributed by atoms with Crippen molar-refractivity contribution in [1.82, 2.24) is 4.72 Å². The van der Waals surface area contributed by atoms with Crippen molar-refractivity contribution >= 4 is 21.6 Å². The predicted molar refractivity (Wildman–Crippen MR) is 75.5 cm³/mol. The largest absolute Gasteiger partial charge is 0.242 e. The summed E-state index contributed by atoms with van der Waals surface area (Å²) in [5, 5.41) is 8.91. The molecule has 0 heterocycles. The van der Waals surface area contributed by atoms with Gasteiger partial charge in [0, 0.05) is 6.54 Å². The Bertz CT molecular complexity index is 564. The lowest BCUT2D eigenvalue weighted by molar-refractivity contribution is 0.573. The topological polar surface area (TPSA) is 70.0 Å². The van der Waals surface area contributed by atoms with Gasteiger partial charge in [-0.25, -0.2) is 13.1 Å². The summed E-state index contributed by atoms with van der Waals surface area (Å²) in [4.78, 5) is -0.0382. The smallest absolute Gasteiger partial charge is 0.211 e. The van der Waals surface area contributed by atoms with Crippen LogP contribution in [0.4, 0.5) is 0 Å². The average molecular weight is 301 g/mol. The third-order valence-corrected chi connectivity index (χ3v) is 4.61. The fourth-order valence-corrected chi connectivity index (χ4v) is 3.21. The first-order chi connectivity index (χ1) is 9.01. The molecule has 0 saturated carbocycles. The van der Waals surface area contributed by atoms with Crippen LogP contribution in [-0.4, -0.2) is 15.0 Å². The molecule has 1 aromatic rings. The average Bonchev–Trinajstić information content (AvgIpc) is 2.39. The first-order valence-corrected chi connectivity index (χ1v) is 8.06. The van der Waals surface area contributed by atoms with Crippen LogP contribution in [-0.2, 0) is 10.0 Å². The van der Waals surface area contributed by atoms with Crippen LogP contribution in [0.5, 0.6) is 0 Å². The molecular weight excluding hydrogens is 284 g/mol. The van der Waals surface area contributed by atoms with Crippen LogP contribution in [0.2, 0.25) is 5.02 Å². The fraction of sp³-hybridized carbons (Fsp3) is 0.462. The maximum Gasteiger partial charge on any atom is 0.242 e. The van der Waals surface area contributed by atoms with E-state index in [0.717, 1.165) is 25.7 Å². The van der Waals surface area contributed by atoms with Gasteiger partial charge in [-0.3, -0.25) is 0 Å². The van der Waals surface area contributed by atoms with E-state index < -0.39 is 10.0 Å². The molecule has 0 aliphatic rings. The van der Waals surface area contributed by atoms with Gasteiger partial charge in [-0.2, -0.15) is 5.26 Å². The van der Waals surface area contributed by atoms with Gasteiger partial charge in [-0.05, 0) is 24.6 Å².